The van der Waals surface area contributed by atoms with Crippen molar-refractivity contribution in [2.24, 2.45) is 17.8 Å². The van der Waals surface area contributed by atoms with Crippen LogP contribution in [0.4, 0.5) is 4.39 Å². The van der Waals surface area contributed by atoms with Crippen LogP contribution < -0.4 is 4.72 Å². The first-order valence-corrected chi connectivity index (χ1v) is 8.56. The highest BCUT2D eigenvalue weighted by Gasteiger charge is 2.23. The molecule has 1 aromatic carbocycles. The minimum Gasteiger partial charge on any atom is -0.392 e. The van der Waals surface area contributed by atoms with E-state index in [1.54, 1.807) is 0 Å². The minimum absolute atomic E-state index is 0.180. The van der Waals surface area contributed by atoms with Crippen LogP contribution in [0.1, 0.15) is 33.3 Å². The number of aliphatic hydroxyl groups excluding tert-OH is 1. The van der Waals surface area contributed by atoms with Crippen LogP contribution >= 0.6 is 0 Å². The molecule has 0 aliphatic carbocycles. The van der Waals surface area contributed by atoms with Crippen molar-refractivity contribution < 1.29 is 17.9 Å². The molecule has 0 aromatic heterocycles. The number of hydrogen-bond donors (Lipinski definition) is 2. The first kappa shape index (κ1) is 18.1. The zero-order chi connectivity index (χ0) is 16.2. The van der Waals surface area contributed by atoms with E-state index in [1.807, 2.05) is 27.7 Å². The van der Waals surface area contributed by atoms with E-state index in [9.17, 15) is 12.8 Å². The van der Waals surface area contributed by atoms with Gasteiger partial charge in [0.1, 0.15) is 10.7 Å². The molecule has 0 saturated carbocycles. The predicted octanol–water partition coefficient (Wildman–Crippen LogP) is 2.52. The average molecular weight is 317 g/mol. The van der Waals surface area contributed by atoms with Crippen LogP contribution in [0.25, 0.3) is 0 Å². The molecule has 0 aliphatic rings. The fourth-order valence-electron chi connectivity index (χ4n) is 2.39. The smallest absolute Gasteiger partial charge is 0.243 e. The van der Waals surface area contributed by atoms with Gasteiger partial charge in [-0.15, -0.1) is 0 Å². The second-order valence-electron chi connectivity index (χ2n) is 5.93. The Bertz CT molecular complexity index is 562. The molecule has 0 atom stereocenters. The van der Waals surface area contributed by atoms with E-state index in [4.69, 9.17) is 5.11 Å². The molecule has 0 bridgehead atoms. The molecule has 2 N–H and O–H groups in total. The number of rotatable bonds is 7. The molecule has 0 spiro atoms. The Labute approximate surface area is 126 Å². The lowest BCUT2D eigenvalue weighted by atomic mass is 9.86. The average Bonchev–Trinajstić information content (AvgIpc) is 2.37. The second-order valence-corrected chi connectivity index (χ2v) is 7.66. The van der Waals surface area contributed by atoms with Crippen molar-refractivity contribution in [3.8, 4) is 0 Å². The lowest BCUT2D eigenvalue weighted by Gasteiger charge is -2.25. The molecule has 0 radical (unpaired) electrons. The Morgan fingerprint density at radius 2 is 1.76 bits per heavy atom. The van der Waals surface area contributed by atoms with Crippen LogP contribution in [0.3, 0.4) is 0 Å². The van der Waals surface area contributed by atoms with Gasteiger partial charge in [0.15, 0.2) is 0 Å². The summed E-state index contributed by atoms with van der Waals surface area (Å²) in [7, 11) is -3.88. The topological polar surface area (TPSA) is 66.4 Å². The van der Waals surface area contributed by atoms with Crippen molar-refractivity contribution in [1.29, 1.82) is 0 Å². The van der Waals surface area contributed by atoms with Crippen molar-refractivity contribution >= 4 is 10.0 Å². The van der Waals surface area contributed by atoms with E-state index >= 15 is 0 Å². The highest BCUT2D eigenvalue weighted by atomic mass is 32.2. The summed E-state index contributed by atoms with van der Waals surface area (Å²) in [4.78, 5) is -0.383. The maximum absolute atomic E-state index is 13.8. The SMILES string of the molecule is CC(C)C(CNS(=O)(=O)c1ccc(CO)cc1F)C(C)C. The van der Waals surface area contributed by atoms with Crippen molar-refractivity contribution in [3.63, 3.8) is 0 Å². The number of hydrogen-bond acceptors (Lipinski definition) is 3. The number of sulfonamides is 1. The van der Waals surface area contributed by atoms with Gasteiger partial charge in [-0.05, 0) is 35.4 Å². The number of aliphatic hydroxyl groups is 1. The van der Waals surface area contributed by atoms with Gasteiger partial charge in [-0.2, -0.15) is 0 Å². The van der Waals surface area contributed by atoms with Crippen molar-refractivity contribution in [2.75, 3.05) is 6.54 Å². The van der Waals surface area contributed by atoms with Gasteiger partial charge in [0.25, 0.3) is 0 Å². The molecule has 6 heteroatoms. The maximum Gasteiger partial charge on any atom is 0.243 e. The fraction of sp³-hybridized carbons (Fsp3) is 0.600. The Hall–Kier alpha value is -0.980. The summed E-state index contributed by atoms with van der Waals surface area (Å²) in [5, 5.41) is 8.92. The van der Waals surface area contributed by atoms with Crippen molar-refractivity contribution in [3.05, 3.63) is 29.6 Å². The van der Waals surface area contributed by atoms with Crippen LogP contribution in [0.15, 0.2) is 23.1 Å². The van der Waals surface area contributed by atoms with Gasteiger partial charge in [0, 0.05) is 6.54 Å². The fourth-order valence-corrected chi connectivity index (χ4v) is 3.52. The van der Waals surface area contributed by atoms with Gasteiger partial charge in [0.2, 0.25) is 10.0 Å². The van der Waals surface area contributed by atoms with E-state index in [0.717, 1.165) is 6.07 Å². The highest BCUT2D eigenvalue weighted by Crippen LogP contribution is 2.21. The summed E-state index contributed by atoms with van der Waals surface area (Å²) in [5.74, 6) is -0.0112. The van der Waals surface area contributed by atoms with Crippen LogP contribution in [0.5, 0.6) is 0 Å². The Morgan fingerprint density at radius 3 is 2.19 bits per heavy atom. The molecule has 1 aromatic rings. The van der Waals surface area contributed by atoms with Crippen LogP contribution in [-0.4, -0.2) is 20.1 Å². The molecular formula is C15H24FNO3S. The first-order valence-electron chi connectivity index (χ1n) is 7.08. The molecule has 4 nitrogen and oxygen atoms in total. The Balaban J connectivity index is 2.92. The Morgan fingerprint density at radius 1 is 1.19 bits per heavy atom. The summed E-state index contributed by atoms with van der Waals surface area (Å²) in [6, 6.07) is 3.62. The molecule has 21 heavy (non-hydrogen) atoms. The molecule has 0 amide bonds. The van der Waals surface area contributed by atoms with E-state index in [1.165, 1.54) is 12.1 Å². The largest absolute Gasteiger partial charge is 0.392 e. The normalized spacial score (nSPS) is 12.6. The summed E-state index contributed by atoms with van der Waals surface area (Å²) in [5.41, 5.74) is 0.341. The van der Waals surface area contributed by atoms with E-state index in [0.29, 0.717) is 17.4 Å². The third-order valence-corrected chi connectivity index (χ3v) is 5.15. The minimum atomic E-state index is -3.88. The molecule has 0 unspecified atom stereocenters. The van der Waals surface area contributed by atoms with Gasteiger partial charge < -0.3 is 5.11 Å². The van der Waals surface area contributed by atoms with Gasteiger partial charge >= 0.3 is 0 Å². The number of nitrogens with one attached hydrogen (secondary N) is 1. The molecule has 0 saturated heterocycles. The van der Waals surface area contributed by atoms with E-state index in [2.05, 4.69) is 4.72 Å². The zero-order valence-corrected chi connectivity index (χ0v) is 13.7. The van der Waals surface area contributed by atoms with Gasteiger partial charge in [-0.3, -0.25) is 0 Å². The van der Waals surface area contributed by atoms with Crippen LogP contribution in [0, 0.1) is 23.6 Å². The Kier molecular flexibility index (Phi) is 6.31. The summed E-state index contributed by atoms with van der Waals surface area (Å²) in [6.45, 7) is 8.10. The summed E-state index contributed by atoms with van der Waals surface area (Å²) < 4.78 is 40.7. The summed E-state index contributed by atoms with van der Waals surface area (Å²) >= 11 is 0. The van der Waals surface area contributed by atoms with Crippen molar-refractivity contribution in [2.45, 2.75) is 39.2 Å². The molecule has 0 fully saturated rings. The van der Waals surface area contributed by atoms with Gasteiger partial charge in [0.05, 0.1) is 6.61 Å². The standard InChI is InChI=1S/C15H24FNO3S/c1-10(2)13(11(3)4)8-17-21(19,20)15-6-5-12(9-18)7-14(15)16/h5-7,10-11,13,17-18H,8-9H2,1-4H3. The molecule has 120 valence electrons. The maximum atomic E-state index is 13.8. The van der Waals surface area contributed by atoms with E-state index < -0.39 is 15.8 Å². The van der Waals surface area contributed by atoms with Crippen LogP contribution in [-0.2, 0) is 16.6 Å². The van der Waals surface area contributed by atoms with Crippen molar-refractivity contribution in [1.82, 2.24) is 4.72 Å². The van der Waals surface area contributed by atoms with E-state index in [-0.39, 0.29) is 24.0 Å². The van der Waals surface area contributed by atoms with Gasteiger partial charge in [-0.25, -0.2) is 17.5 Å². The third kappa shape index (κ3) is 4.76. The number of benzene rings is 1. The quantitative estimate of drug-likeness (QED) is 0.812. The molecule has 0 aliphatic heterocycles. The number of halogens is 1. The first-order chi connectivity index (χ1) is 9.69. The van der Waals surface area contributed by atoms with Crippen LogP contribution in [0.2, 0.25) is 0 Å². The lowest BCUT2D eigenvalue weighted by molar-refractivity contribution is 0.281. The summed E-state index contributed by atoms with van der Waals surface area (Å²) in [6.07, 6.45) is 0. The molecular weight excluding hydrogens is 293 g/mol. The monoisotopic (exact) mass is 317 g/mol. The molecule has 0 heterocycles. The van der Waals surface area contributed by atoms with Gasteiger partial charge in [-0.1, -0.05) is 33.8 Å². The highest BCUT2D eigenvalue weighted by molar-refractivity contribution is 7.89. The zero-order valence-electron chi connectivity index (χ0n) is 12.9. The second kappa shape index (κ2) is 7.33. The predicted molar refractivity (Wildman–Crippen MR) is 80.7 cm³/mol. The lowest BCUT2D eigenvalue weighted by Crippen LogP contribution is -2.34. The third-order valence-electron chi connectivity index (χ3n) is 3.69. The molecule has 1 rings (SSSR count).